The molecule has 3 amide bonds. The summed E-state index contributed by atoms with van der Waals surface area (Å²) in [5.74, 6) is -3.20. The van der Waals surface area contributed by atoms with E-state index in [1.807, 2.05) is 48.5 Å². The lowest BCUT2D eigenvalue weighted by Crippen LogP contribution is -2.66. The Morgan fingerprint density at radius 3 is 2.25 bits per heavy atom. The summed E-state index contributed by atoms with van der Waals surface area (Å²) in [7, 11) is -3.04. The van der Waals surface area contributed by atoms with Crippen LogP contribution in [0.25, 0.3) is 6.08 Å². The van der Waals surface area contributed by atoms with Crippen molar-refractivity contribution in [3.63, 3.8) is 0 Å². The van der Waals surface area contributed by atoms with Crippen LogP contribution < -0.4 is 10.4 Å². The molecule has 3 aliphatic rings. The molecule has 6 rings (SSSR count). The second-order valence-corrected chi connectivity index (χ2v) is 20.4. The Kier molecular flexibility index (Phi) is 11.7. The number of imide groups is 3. The zero-order valence-electron chi connectivity index (χ0n) is 30.9. The first-order valence-corrected chi connectivity index (χ1v) is 20.9. The Morgan fingerprint density at radius 1 is 1.02 bits per heavy atom. The molecule has 1 aliphatic carbocycles. The van der Waals surface area contributed by atoms with Crippen LogP contribution in [0.15, 0.2) is 100 Å². The van der Waals surface area contributed by atoms with Crippen LogP contribution in [-0.2, 0) is 23.4 Å². The van der Waals surface area contributed by atoms with Crippen LogP contribution in [0.3, 0.4) is 0 Å². The Labute approximate surface area is 321 Å². The molecule has 53 heavy (non-hydrogen) atoms. The van der Waals surface area contributed by atoms with E-state index in [1.165, 1.54) is 0 Å². The first-order chi connectivity index (χ1) is 25.3. The number of hydrogen-bond acceptors (Lipinski definition) is 8. The fourth-order valence-electron chi connectivity index (χ4n) is 8.65. The second kappa shape index (κ2) is 15.9. The molecule has 0 spiro atoms. The number of phenols is 1. The third kappa shape index (κ3) is 7.49. The topological polar surface area (TPSA) is 123 Å². The van der Waals surface area contributed by atoms with E-state index >= 15 is 0 Å². The van der Waals surface area contributed by atoms with Crippen LogP contribution in [0, 0.1) is 17.8 Å². The molecule has 4 atom stereocenters. The number of ether oxygens (including phenoxy) is 1. The van der Waals surface area contributed by atoms with E-state index < -0.39 is 57.2 Å². The minimum atomic E-state index is -3.02. The van der Waals surface area contributed by atoms with Gasteiger partial charge in [0.25, 0.3) is 8.32 Å². The number of halogens is 1. The van der Waals surface area contributed by atoms with E-state index in [-0.39, 0.29) is 30.1 Å². The molecule has 2 saturated heterocycles. The molecule has 278 valence electrons. The maximum atomic E-state index is 13.9. The molecule has 3 aromatic rings. The van der Waals surface area contributed by atoms with E-state index in [1.54, 1.807) is 12.1 Å². The molecule has 2 N–H and O–H groups in total. The third-order valence-corrected chi connectivity index (χ3v) is 16.6. The first-order valence-electron chi connectivity index (χ1n) is 18.2. The van der Waals surface area contributed by atoms with Crippen molar-refractivity contribution in [1.82, 2.24) is 4.90 Å². The predicted molar refractivity (Wildman–Crippen MR) is 211 cm³/mol. The second-order valence-electron chi connectivity index (χ2n) is 15.1. The lowest BCUT2D eigenvalue weighted by molar-refractivity contribution is -0.137. The van der Waals surface area contributed by atoms with Gasteiger partial charge in [-0.25, -0.2) is 4.79 Å². The van der Waals surface area contributed by atoms with Gasteiger partial charge in [0.1, 0.15) is 5.75 Å². The normalized spacial score (nSPS) is 22.2. The summed E-state index contributed by atoms with van der Waals surface area (Å²) in [6.45, 7) is 8.84. The zero-order valence-corrected chi connectivity index (χ0v) is 33.5. The van der Waals surface area contributed by atoms with Gasteiger partial charge < -0.3 is 23.9 Å². The van der Waals surface area contributed by atoms with Crippen LogP contribution >= 0.6 is 15.9 Å². The lowest BCUT2D eigenvalue weighted by Gasteiger charge is -2.46. The number of fused-ring (bicyclic) bond motifs is 3. The average Bonchev–Trinajstić information content (AvgIpc) is 3.39. The minimum Gasteiger partial charge on any atom is -0.507 e. The Hall–Kier alpha value is -3.81. The van der Waals surface area contributed by atoms with Crippen LogP contribution in [0.5, 0.6) is 5.75 Å². The summed E-state index contributed by atoms with van der Waals surface area (Å²) < 4.78 is 19.4. The number of rotatable bonds is 10. The van der Waals surface area contributed by atoms with Crippen molar-refractivity contribution in [2.75, 3.05) is 13.7 Å². The number of amides is 3. The third-order valence-electron chi connectivity index (χ3n) is 11.1. The maximum Gasteiger partial charge on any atom is 0.455 e. The number of hydrogen-bond donors (Lipinski definition) is 2. The highest BCUT2D eigenvalue weighted by atomic mass is 79.9. The van der Waals surface area contributed by atoms with Gasteiger partial charge in [-0.2, -0.15) is 4.90 Å². The monoisotopic (exact) mass is 799 g/mol. The summed E-state index contributed by atoms with van der Waals surface area (Å²) in [5.41, 5.74) is 3.49. The fourth-order valence-corrected chi connectivity index (χ4v) is 13.6. The maximum absolute atomic E-state index is 13.9. The summed E-state index contributed by atoms with van der Waals surface area (Å²) >= 11 is 3.49. The van der Waals surface area contributed by atoms with Gasteiger partial charge >= 0.3 is 13.2 Å². The van der Waals surface area contributed by atoms with Gasteiger partial charge in [0.2, 0.25) is 11.8 Å². The molecule has 0 saturated carbocycles. The quantitative estimate of drug-likeness (QED) is 0.130. The molecule has 3 aromatic carbocycles. The summed E-state index contributed by atoms with van der Waals surface area (Å²) in [4.78, 5) is 41.2. The van der Waals surface area contributed by atoms with Gasteiger partial charge in [0, 0.05) is 10.0 Å². The van der Waals surface area contributed by atoms with Crippen molar-refractivity contribution < 1.29 is 38.3 Å². The Morgan fingerprint density at radius 2 is 1.66 bits per heavy atom. The van der Waals surface area contributed by atoms with Crippen molar-refractivity contribution in [2.45, 2.75) is 70.8 Å². The van der Waals surface area contributed by atoms with Crippen molar-refractivity contribution >= 4 is 65.7 Å². The van der Waals surface area contributed by atoms with E-state index in [9.17, 15) is 24.5 Å². The molecule has 2 fully saturated rings. The zero-order chi connectivity index (χ0) is 38.1. The van der Waals surface area contributed by atoms with Crippen molar-refractivity contribution in [3.8, 4) is 5.75 Å². The number of carbonyl (C=O) groups excluding carboxylic acids is 3. The Bertz CT molecular complexity index is 1870. The molecule has 2 aliphatic heterocycles. The number of likely N-dealkylation sites (tertiary alicyclic amines) is 1. The number of methoxy groups -OCH3 is 1. The molecular weight excluding hydrogens is 753 g/mol. The van der Waals surface area contributed by atoms with Crippen molar-refractivity contribution in [1.29, 1.82) is 0 Å². The van der Waals surface area contributed by atoms with E-state index in [0.717, 1.165) is 45.1 Å². The van der Waals surface area contributed by atoms with Gasteiger partial charge in [0.05, 0.1) is 31.7 Å². The fraction of sp³-hybridized carbons (Fsp3) is 0.390. The molecule has 0 bridgehead atoms. The predicted octanol–water partition coefficient (Wildman–Crippen LogP) is 6.87. The van der Waals surface area contributed by atoms with Gasteiger partial charge in [0.15, 0.2) is 0 Å². The molecule has 9 nitrogen and oxygen atoms in total. The highest BCUT2D eigenvalue weighted by Crippen LogP contribution is 2.51. The molecule has 0 aromatic heterocycles. The number of carbonyl (C=O) groups is 3. The number of phenolic OH excluding ortho intramolecular Hbond substituents is 1. The largest absolute Gasteiger partial charge is 0.507 e. The molecule has 0 radical (unpaired) electrons. The number of allylic oxidation sites excluding steroid dienone is 1. The Balaban J connectivity index is 1.44. The molecule has 12 heteroatoms. The number of aromatic hydroxyl groups is 1. The first kappa shape index (κ1) is 38.9. The van der Waals surface area contributed by atoms with E-state index in [2.05, 4.69) is 67.9 Å². The molecule has 0 unspecified atom stereocenters. The number of benzene rings is 3. The van der Waals surface area contributed by atoms with Gasteiger partial charge in [-0.05, 0) is 82.7 Å². The van der Waals surface area contributed by atoms with Crippen molar-refractivity contribution in [3.05, 3.63) is 106 Å². The van der Waals surface area contributed by atoms with E-state index in [0.29, 0.717) is 23.3 Å². The standard InChI is InChI=1S/C41H47BBrNO8Si/c1-6-26(21-27-22-29(43)18-19-34(27)45)17-20-35-36-28(23-32-37(33(36)24-42(49)52-35)39(47)44(38(32)46)40(48)50-5)25-51-53(41(2,3)4,30-13-9-7-10-14-30)31-15-11-8-12-16-31/h7-16,18-19,21-22,32-33,35,37,45,49H,6,17,20,23-25H2,1-5H3/b26-21+/t32-,33+,35-,37-/m1/s1. The highest BCUT2D eigenvalue weighted by Gasteiger charge is 2.59. The molecule has 2 heterocycles. The number of nitrogens with zero attached hydrogens (tertiary/aromatic N) is 1. The van der Waals surface area contributed by atoms with Crippen LogP contribution in [0.1, 0.15) is 58.9 Å². The SMILES string of the molecule is CC/C(=C\c1cc(Br)ccc1O)CC[C@H]1OB(O)C[C@H]2C1=C(CO[Si](c1ccccc1)(c1ccccc1)C(C)(C)C)C[C@H]1C(=O)N(C(=O)OC)C(=O)[C@H]12. The molecular formula is C41H47BBrNO8Si. The van der Waals surface area contributed by atoms with Crippen LogP contribution in [-0.4, -0.2) is 68.2 Å². The van der Waals surface area contributed by atoms with E-state index in [4.69, 9.17) is 13.8 Å². The average molecular weight is 801 g/mol. The summed E-state index contributed by atoms with van der Waals surface area (Å²) in [5, 5.41) is 23.6. The van der Waals surface area contributed by atoms with Crippen molar-refractivity contribution in [2.24, 2.45) is 17.8 Å². The smallest absolute Gasteiger partial charge is 0.455 e. The van der Waals surface area contributed by atoms with Gasteiger partial charge in [-0.1, -0.05) is 116 Å². The van der Waals surface area contributed by atoms with Crippen LogP contribution in [0.4, 0.5) is 4.79 Å². The minimum absolute atomic E-state index is 0.103. The summed E-state index contributed by atoms with van der Waals surface area (Å²) in [6, 6.07) is 25.9. The summed E-state index contributed by atoms with van der Waals surface area (Å²) in [6.07, 6.45) is 2.51. The van der Waals surface area contributed by atoms with Crippen LogP contribution in [0.2, 0.25) is 11.4 Å². The van der Waals surface area contributed by atoms with Gasteiger partial charge in [-0.15, -0.1) is 0 Å². The highest BCUT2D eigenvalue weighted by molar-refractivity contribution is 9.10. The van der Waals surface area contributed by atoms with Gasteiger partial charge in [-0.3, -0.25) is 9.59 Å². The lowest BCUT2D eigenvalue weighted by atomic mass is 9.58.